The maximum Gasteiger partial charge on any atom is 0.322 e. The molecule has 0 saturated heterocycles. The van der Waals surface area contributed by atoms with Crippen molar-refractivity contribution in [3.8, 4) is 6.01 Å². The van der Waals surface area contributed by atoms with E-state index in [0.717, 1.165) is 17.9 Å². The Morgan fingerprint density at radius 2 is 2.33 bits per heavy atom. The third-order valence-electron chi connectivity index (χ3n) is 3.03. The maximum atomic E-state index is 5.45. The van der Waals surface area contributed by atoms with Gasteiger partial charge in [0, 0.05) is 24.7 Å². The van der Waals surface area contributed by atoms with Gasteiger partial charge >= 0.3 is 6.01 Å². The number of nitrogens with zero attached hydrogens (tertiary/aromatic N) is 3. The number of hydrogen-bond donors (Lipinski definition) is 1. The Labute approximate surface area is 106 Å². The number of hydrogen-bond acceptors (Lipinski definition) is 4. The lowest BCUT2D eigenvalue weighted by Crippen LogP contribution is -2.21. The molecule has 2 heterocycles. The van der Waals surface area contributed by atoms with E-state index in [1.165, 1.54) is 12.8 Å². The Morgan fingerprint density at radius 1 is 1.50 bits per heavy atom. The summed E-state index contributed by atoms with van der Waals surface area (Å²) in [6.07, 6.45) is 6.11. The van der Waals surface area contributed by atoms with Gasteiger partial charge in [0.2, 0.25) is 0 Å². The SMILES string of the molecule is CC(C)NCc1coc(-n2ccc(C3CC3)n2)n1. The van der Waals surface area contributed by atoms with Crippen LogP contribution in [0, 0.1) is 0 Å². The van der Waals surface area contributed by atoms with Crippen molar-refractivity contribution >= 4 is 0 Å². The first-order valence-electron chi connectivity index (χ1n) is 6.46. The minimum absolute atomic E-state index is 0.441. The Balaban J connectivity index is 1.71. The highest BCUT2D eigenvalue weighted by atomic mass is 16.4. The fraction of sp³-hybridized carbons (Fsp3) is 0.538. The number of nitrogens with one attached hydrogen (secondary N) is 1. The molecular formula is C13H18N4O. The molecule has 5 heteroatoms. The van der Waals surface area contributed by atoms with E-state index in [1.807, 2.05) is 12.3 Å². The monoisotopic (exact) mass is 246 g/mol. The summed E-state index contributed by atoms with van der Waals surface area (Å²) in [7, 11) is 0. The highest BCUT2D eigenvalue weighted by molar-refractivity contribution is 5.17. The largest absolute Gasteiger partial charge is 0.430 e. The molecule has 0 aliphatic heterocycles. The lowest BCUT2D eigenvalue weighted by Gasteiger charge is -2.03. The molecule has 1 saturated carbocycles. The van der Waals surface area contributed by atoms with E-state index in [4.69, 9.17) is 4.42 Å². The smallest absolute Gasteiger partial charge is 0.322 e. The van der Waals surface area contributed by atoms with Crippen molar-refractivity contribution < 1.29 is 4.42 Å². The van der Waals surface area contributed by atoms with Crippen molar-refractivity contribution in [3.63, 3.8) is 0 Å². The second kappa shape index (κ2) is 4.57. The van der Waals surface area contributed by atoms with Crippen LogP contribution in [0.5, 0.6) is 0 Å². The highest BCUT2D eigenvalue weighted by Gasteiger charge is 2.26. The van der Waals surface area contributed by atoms with Gasteiger partial charge in [0.05, 0.1) is 11.4 Å². The van der Waals surface area contributed by atoms with Gasteiger partial charge in [-0.25, -0.2) is 0 Å². The summed E-state index contributed by atoms with van der Waals surface area (Å²) in [6.45, 7) is 4.94. The fourth-order valence-electron chi connectivity index (χ4n) is 1.83. The van der Waals surface area contributed by atoms with Gasteiger partial charge in [-0.2, -0.15) is 14.8 Å². The number of oxazole rings is 1. The molecule has 1 N–H and O–H groups in total. The van der Waals surface area contributed by atoms with Crippen LogP contribution in [-0.2, 0) is 6.54 Å². The normalized spacial score (nSPS) is 15.5. The number of rotatable bonds is 5. The highest BCUT2D eigenvalue weighted by Crippen LogP contribution is 2.38. The molecule has 2 aromatic heterocycles. The topological polar surface area (TPSA) is 55.9 Å². The maximum absolute atomic E-state index is 5.45. The Morgan fingerprint density at radius 3 is 3.06 bits per heavy atom. The van der Waals surface area contributed by atoms with Crippen molar-refractivity contribution in [2.45, 2.75) is 45.2 Å². The van der Waals surface area contributed by atoms with Crippen LogP contribution in [0.2, 0.25) is 0 Å². The molecule has 0 amide bonds. The molecular weight excluding hydrogens is 228 g/mol. The average molecular weight is 246 g/mol. The van der Waals surface area contributed by atoms with Gasteiger partial charge < -0.3 is 9.73 Å². The molecule has 0 unspecified atom stereocenters. The summed E-state index contributed by atoms with van der Waals surface area (Å²) in [5.41, 5.74) is 2.05. The van der Waals surface area contributed by atoms with Gasteiger partial charge in [-0.05, 0) is 18.9 Å². The molecule has 5 nitrogen and oxygen atoms in total. The molecule has 0 spiro atoms. The molecule has 0 atom stereocenters. The summed E-state index contributed by atoms with van der Waals surface area (Å²) < 4.78 is 7.16. The molecule has 0 radical (unpaired) electrons. The third-order valence-corrected chi connectivity index (χ3v) is 3.03. The van der Waals surface area contributed by atoms with Crippen LogP contribution in [0.4, 0.5) is 0 Å². The summed E-state index contributed by atoms with van der Waals surface area (Å²) >= 11 is 0. The van der Waals surface area contributed by atoms with Crippen LogP contribution in [0.25, 0.3) is 6.01 Å². The van der Waals surface area contributed by atoms with Crippen molar-refractivity contribution in [3.05, 3.63) is 29.9 Å². The zero-order valence-corrected chi connectivity index (χ0v) is 10.8. The Bertz CT molecular complexity index is 525. The van der Waals surface area contributed by atoms with Crippen LogP contribution in [-0.4, -0.2) is 20.8 Å². The third kappa shape index (κ3) is 2.46. The quantitative estimate of drug-likeness (QED) is 0.879. The molecule has 96 valence electrons. The van der Waals surface area contributed by atoms with Gasteiger partial charge in [0.15, 0.2) is 0 Å². The van der Waals surface area contributed by atoms with Crippen molar-refractivity contribution in [1.82, 2.24) is 20.1 Å². The molecule has 0 aromatic carbocycles. The first kappa shape index (κ1) is 11.5. The fourth-order valence-corrected chi connectivity index (χ4v) is 1.83. The van der Waals surface area contributed by atoms with Gasteiger partial charge in [0.1, 0.15) is 6.26 Å². The summed E-state index contributed by atoms with van der Waals surface area (Å²) in [5.74, 6) is 0.656. The van der Waals surface area contributed by atoms with Crippen LogP contribution >= 0.6 is 0 Å². The van der Waals surface area contributed by atoms with E-state index in [9.17, 15) is 0 Å². The lowest BCUT2D eigenvalue weighted by molar-refractivity contribution is 0.506. The zero-order chi connectivity index (χ0) is 12.5. The van der Waals surface area contributed by atoms with E-state index < -0.39 is 0 Å². The van der Waals surface area contributed by atoms with E-state index in [0.29, 0.717) is 18.0 Å². The number of aromatic nitrogens is 3. The summed E-state index contributed by atoms with van der Waals surface area (Å²) in [6, 6.07) is 3.03. The van der Waals surface area contributed by atoms with Crippen molar-refractivity contribution in [2.75, 3.05) is 0 Å². The van der Waals surface area contributed by atoms with Crippen molar-refractivity contribution in [2.24, 2.45) is 0 Å². The van der Waals surface area contributed by atoms with Crippen molar-refractivity contribution in [1.29, 1.82) is 0 Å². The molecule has 3 rings (SSSR count). The molecule has 1 aliphatic carbocycles. The van der Waals surface area contributed by atoms with Gasteiger partial charge in [-0.15, -0.1) is 0 Å². The molecule has 0 bridgehead atoms. The van der Waals surface area contributed by atoms with E-state index in [1.54, 1.807) is 10.9 Å². The summed E-state index contributed by atoms with van der Waals surface area (Å²) in [5, 5.41) is 7.80. The van der Waals surface area contributed by atoms with Crippen LogP contribution in [0.1, 0.15) is 44.0 Å². The minimum atomic E-state index is 0.441. The van der Waals surface area contributed by atoms with Gasteiger partial charge in [0.25, 0.3) is 0 Å². The van der Waals surface area contributed by atoms with Crippen LogP contribution in [0.15, 0.2) is 22.9 Å². The van der Waals surface area contributed by atoms with E-state index in [2.05, 4.69) is 29.2 Å². The minimum Gasteiger partial charge on any atom is -0.430 e. The van der Waals surface area contributed by atoms with Crippen LogP contribution < -0.4 is 5.32 Å². The Hall–Kier alpha value is -1.62. The molecule has 18 heavy (non-hydrogen) atoms. The first-order valence-corrected chi connectivity index (χ1v) is 6.46. The molecule has 1 fully saturated rings. The second-order valence-corrected chi connectivity index (χ2v) is 5.12. The molecule has 1 aliphatic rings. The standard InChI is InChI=1S/C13H18N4O/c1-9(2)14-7-11-8-18-13(15-11)17-6-5-12(16-17)10-3-4-10/h5-6,8-10,14H,3-4,7H2,1-2H3. The predicted octanol–water partition coefficient (Wildman–Crippen LogP) is 2.24. The van der Waals surface area contributed by atoms with Gasteiger partial charge in [-0.3, -0.25) is 0 Å². The van der Waals surface area contributed by atoms with Crippen LogP contribution in [0.3, 0.4) is 0 Å². The lowest BCUT2D eigenvalue weighted by atomic mass is 10.3. The first-order chi connectivity index (χ1) is 8.72. The van der Waals surface area contributed by atoms with Gasteiger partial charge in [-0.1, -0.05) is 13.8 Å². The molecule has 2 aromatic rings. The second-order valence-electron chi connectivity index (χ2n) is 5.12. The average Bonchev–Trinajstić information content (AvgIpc) is 2.92. The Kier molecular flexibility index (Phi) is 2.91. The summed E-state index contributed by atoms with van der Waals surface area (Å²) in [4.78, 5) is 4.42. The predicted molar refractivity (Wildman–Crippen MR) is 67.6 cm³/mol. The van der Waals surface area contributed by atoms with E-state index in [-0.39, 0.29) is 0 Å². The zero-order valence-electron chi connectivity index (χ0n) is 10.8. The van der Waals surface area contributed by atoms with E-state index >= 15 is 0 Å².